The summed E-state index contributed by atoms with van der Waals surface area (Å²) < 4.78 is 4.81. The summed E-state index contributed by atoms with van der Waals surface area (Å²) in [7, 11) is 0. The van der Waals surface area contributed by atoms with Crippen LogP contribution in [0.4, 0.5) is 0 Å². The minimum absolute atomic E-state index is 0.694. The number of ether oxygens (including phenoxy) is 1. The van der Waals surface area contributed by atoms with Crippen molar-refractivity contribution in [1.82, 2.24) is 0 Å². The first-order valence-electron chi connectivity index (χ1n) is 4.54. The third kappa shape index (κ3) is 2.28. The Bertz CT molecular complexity index is 219. The second-order valence-corrected chi connectivity index (χ2v) is 3.81. The van der Waals surface area contributed by atoms with Crippen LogP contribution in [0.15, 0.2) is 0 Å². The van der Waals surface area contributed by atoms with Gasteiger partial charge in [-0.25, -0.2) is 0 Å². The van der Waals surface area contributed by atoms with E-state index in [0.29, 0.717) is 0 Å². The van der Waals surface area contributed by atoms with Gasteiger partial charge in [0.05, 0.1) is 6.61 Å². The van der Waals surface area contributed by atoms with E-state index in [4.69, 9.17) is 9.84 Å². The molecule has 15 heavy (non-hydrogen) atoms. The van der Waals surface area contributed by atoms with Crippen molar-refractivity contribution in [3.63, 3.8) is 0 Å². The van der Waals surface area contributed by atoms with Crippen LogP contribution >= 0.6 is 0 Å². The Morgan fingerprint density at radius 3 is 2.27 bits per heavy atom. The van der Waals surface area contributed by atoms with Crippen LogP contribution in [0.1, 0.15) is 6.92 Å². The van der Waals surface area contributed by atoms with Crippen molar-refractivity contribution in [2.75, 3.05) is 6.61 Å². The smallest absolute Gasteiger partial charge is 0.192 e. The molecule has 1 rings (SSSR count). The molecule has 0 aromatic rings. The van der Waals surface area contributed by atoms with E-state index in [-0.39, 0.29) is 0 Å². The van der Waals surface area contributed by atoms with Gasteiger partial charge in [0.2, 0.25) is 0 Å². The lowest BCUT2D eigenvalue weighted by molar-refractivity contribution is -0.350. The number of hydrogen-bond donors (Lipinski definition) is 6. The highest BCUT2D eigenvalue weighted by molar-refractivity contribution is 4.96. The molecule has 0 saturated carbocycles. The molecule has 6 N–H and O–H groups in total. The van der Waals surface area contributed by atoms with E-state index in [0.717, 1.165) is 6.92 Å². The predicted octanol–water partition coefficient (Wildman–Crippen LogP) is -3.47. The molecule has 0 unspecified atom stereocenters. The van der Waals surface area contributed by atoms with E-state index in [2.05, 4.69) is 0 Å². The lowest BCUT2D eigenvalue weighted by Gasteiger charge is -2.45. The van der Waals surface area contributed by atoms with Crippen LogP contribution in [0.25, 0.3) is 0 Å². The Kier molecular flexibility index (Phi) is 3.67. The van der Waals surface area contributed by atoms with Gasteiger partial charge in [0.1, 0.15) is 30.5 Å². The van der Waals surface area contributed by atoms with E-state index in [9.17, 15) is 25.5 Å². The summed E-state index contributed by atoms with van der Waals surface area (Å²) in [4.78, 5) is 0. The fraction of sp³-hybridized carbons (Fsp3) is 1.00. The molecule has 1 aliphatic rings. The van der Waals surface area contributed by atoms with Gasteiger partial charge in [0.25, 0.3) is 0 Å². The van der Waals surface area contributed by atoms with Crippen molar-refractivity contribution in [2.45, 2.75) is 43.2 Å². The van der Waals surface area contributed by atoms with Gasteiger partial charge in [0, 0.05) is 0 Å². The quantitative estimate of drug-likeness (QED) is 0.287. The Hall–Kier alpha value is -0.280. The van der Waals surface area contributed by atoms with Crippen LogP contribution in [-0.4, -0.2) is 73.6 Å². The molecule has 6 atom stereocenters. The normalized spacial score (nSPS) is 49.0. The number of rotatable bonds is 2. The number of hydrogen-bond acceptors (Lipinski definition) is 7. The molecule has 7 nitrogen and oxygen atoms in total. The van der Waals surface area contributed by atoms with Crippen LogP contribution in [0.2, 0.25) is 0 Å². The van der Waals surface area contributed by atoms with Gasteiger partial charge in [-0.15, -0.1) is 0 Å². The average molecular weight is 224 g/mol. The summed E-state index contributed by atoms with van der Waals surface area (Å²) >= 11 is 0. The van der Waals surface area contributed by atoms with E-state index in [1.165, 1.54) is 0 Å². The summed E-state index contributed by atoms with van der Waals surface area (Å²) in [5.41, 5.74) is 0. The van der Waals surface area contributed by atoms with Gasteiger partial charge >= 0.3 is 0 Å². The Morgan fingerprint density at radius 2 is 1.80 bits per heavy atom. The fourth-order valence-corrected chi connectivity index (χ4v) is 1.52. The van der Waals surface area contributed by atoms with Gasteiger partial charge < -0.3 is 35.4 Å². The molecule has 1 aliphatic heterocycles. The zero-order valence-electron chi connectivity index (χ0n) is 8.19. The molecule has 0 amide bonds. The van der Waals surface area contributed by atoms with Gasteiger partial charge in [-0.3, -0.25) is 0 Å². The Labute approximate surface area is 86.2 Å². The lowest BCUT2D eigenvalue weighted by Crippen LogP contribution is -2.65. The van der Waals surface area contributed by atoms with E-state index in [1.807, 2.05) is 0 Å². The summed E-state index contributed by atoms with van der Waals surface area (Å²) in [5, 5.41) is 55.5. The molecule has 0 aromatic carbocycles. The van der Waals surface area contributed by atoms with Crippen molar-refractivity contribution in [3.05, 3.63) is 0 Å². The maximum absolute atomic E-state index is 9.51. The highest BCUT2D eigenvalue weighted by Gasteiger charge is 2.51. The highest BCUT2D eigenvalue weighted by atomic mass is 16.7. The molecule has 7 heteroatoms. The first kappa shape index (κ1) is 12.8. The molecule has 0 aromatic heterocycles. The molecule has 1 fully saturated rings. The van der Waals surface area contributed by atoms with Crippen molar-refractivity contribution in [2.24, 2.45) is 0 Å². The molecule has 0 bridgehead atoms. The molecular weight excluding hydrogens is 208 g/mol. The maximum Gasteiger partial charge on any atom is 0.192 e. The third-order valence-corrected chi connectivity index (χ3v) is 2.50. The average Bonchev–Trinajstić information content (AvgIpc) is 2.19. The van der Waals surface area contributed by atoms with Crippen LogP contribution < -0.4 is 0 Å². The van der Waals surface area contributed by atoms with Crippen LogP contribution in [0.5, 0.6) is 0 Å². The number of aliphatic hydroxyl groups excluding tert-OH is 5. The third-order valence-electron chi connectivity index (χ3n) is 2.50. The lowest BCUT2D eigenvalue weighted by atomic mass is 9.91. The SMILES string of the molecule is C[C@@]1(O)O[C@H]([C@H](O)CO)[C@@H](O)[C@H](O)[C@@H]1O. The maximum atomic E-state index is 9.51. The highest BCUT2D eigenvalue weighted by Crippen LogP contribution is 2.29. The monoisotopic (exact) mass is 224 g/mol. The molecule has 0 spiro atoms. The second kappa shape index (κ2) is 4.30. The summed E-state index contributed by atoms with van der Waals surface area (Å²) in [6, 6.07) is 0. The van der Waals surface area contributed by atoms with Gasteiger partial charge in [-0.2, -0.15) is 0 Å². The summed E-state index contributed by atoms with van der Waals surface area (Å²) in [6.45, 7) is 0.393. The Balaban J connectivity index is 2.84. The predicted molar refractivity (Wildman–Crippen MR) is 46.6 cm³/mol. The standard InChI is InChI=1S/C8H16O7/c1-8(14)7(13)5(12)4(11)6(15-8)3(10)2-9/h3-7,9-14H,2H2,1H3/t3-,4+,5+,6-,7+,8-/m1/s1. The molecular formula is C8H16O7. The van der Waals surface area contributed by atoms with E-state index >= 15 is 0 Å². The number of aliphatic hydroxyl groups is 6. The first-order valence-corrected chi connectivity index (χ1v) is 4.54. The minimum Gasteiger partial charge on any atom is -0.394 e. The molecule has 0 radical (unpaired) electrons. The van der Waals surface area contributed by atoms with Crippen molar-refractivity contribution < 1.29 is 35.4 Å². The molecule has 1 saturated heterocycles. The van der Waals surface area contributed by atoms with Gasteiger partial charge in [-0.05, 0) is 6.92 Å². The van der Waals surface area contributed by atoms with Crippen LogP contribution in [0.3, 0.4) is 0 Å². The molecule has 0 aliphatic carbocycles. The van der Waals surface area contributed by atoms with Gasteiger partial charge in [-0.1, -0.05) is 0 Å². The van der Waals surface area contributed by atoms with Crippen LogP contribution in [0, 0.1) is 0 Å². The summed E-state index contributed by atoms with van der Waals surface area (Å²) in [5.74, 6) is -2.08. The van der Waals surface area contributed by atoms with Gasteiger partial charge in [0.15, 0.2) is 5.79 Å². The first-order chi connectivity index (χ1) is 6.81. The Morgan fingerprint density at radius 1 is 1.27 bits per heavy atom. The molecule has 90 valence electrons. The zero-order valence-corrected chi connectivity index (χ0v) is 8.19. The largest absolute Gasteiger partial charge is 0.394 e. The van der Waals surface area contributed by atoms with E-state index < -0.39 is 42.9 Å². The van der Waals surface area contributed by atoms with E-state index in [1.54, 1.807) is 0 Å². The van der Waals surface area contributed by atoms with Crippen LogP contribution in [-0.2, 0) is 4.74 Å². The van der Waals surface area contributed by atoms with Crippen molar-refractivity contribution in [1.29, 1.82) is 0 Å². The second-order valence-electron chi connectivity index (χ2n) is 3.81. The topological polar surface area (TPSA) is 131 Å². The molecule has 1 heterocycles. The minimum atomic E-state index is -2.08. The van der Waals surface area contributed by atoms with Crippen molar-refractivity contribution in [3.8, 4) is 0 Å². The fourth-order valence-electron chi connectivity index (χ4n) is 1.52. The van der Waals surface area contributed by atoms with Crippen molar-refractivity contribution >= 4 is 0 Å². The zero-order chi connectivity index (χ0) is 11.8. The summed E-state index contributed by atoms with van der Waals surface area (Å²) in [6.07, 6.45) is -7.73.